The molecule has 0 amide bonds. The van der Waals surface area contributed by atoms with Crippen molar-refractivity contribution in [3.8, 4) is 5.75 Å². The lowest BCUT2D eigenvalue weighted by Crippen LogP contribution is -2.20. The Labute approximate surface area is 91.6 Å². The van der Waals surface area contributed by atoms with E-state index in [4.69, 9.17) is 9.47 Å². The molecule has 0 radical (unpaired) electrons. The predicted molar refractivity (Wildman–Crippen MR) is 62.7 cm³/mol. The maximum Gasteiger partial charge on any atom is 0.142 e. The van der Waals surface area contributed by atoms with Crippen LogP contribution in [0.2, 0.25) is 0 Å². The van der Waals surface area contributed by atoms with Gasteiger partial charge in [0.1, 0.15) is 12.5 Å². The van der Waals surface area contributed by atoms with E-state index >= 15 is 0 Å². The van der Waals surface area contributed by atoms with Crippen LogP contribution in [0.15, 0.2) is 12.1 Å². The Kier molecular flexibility index (Phi) is 3.97. The third-order valence-corrected chi connectivity index (χ3v) is 2.53. The van der Waals surface area contributed by atoms with Gasteiger partial charge in [-0.15, -0.1) is 0 Å². The second kappa shape index (κ2) is 5.03. The van der Waals surface area contributed by atoms with Gasteiger partial charge in [0.25, 0.3) is 0 Å². The summed E-state index contributed by atoms with van der Waals surface area (Å²) in [4.78, 5) is 2.02. The molecular formula is C12H19NO2. The van der Waals surface area contributed by atoms with E-state index in [1.54, 1.807) is 14.2 Å². The molecule has 0 N–H and O–H groups in total. The minimum absolute atomic E-state index is 0.554. The number of methoxy groups -OCH3 is 2. The summed E-state index contributed by atoms with van der Waals surface area (Å²) in [5.74, 6) is 0.887. The highest BCUT2D eigenvalue weighted by atomic mass is 16.5. The molecule has 0 unspecified atom stereocenters. The van der Waals surface area contributed by atoms with Gasteiger partial charge < -0.3 is 14.4 Å². The second-order valence-electron chi connectivity index (χ2n) is 3.72. The maximum absolute atomic E-state index is 5.35. The molecule has 15 heavy (non-hydrogen) atoms. The van der Waals surface area contributed by atoms with Crippen LogP contribution in [0.5, 0.6) is 5.75 Å². The van der Waals surface area contributed by atoms with Crippen LogP contribution in [0, 0.1) is 13.8 Å². The summed E-state index contributed by atoms with van der Waals surface area (Å²) in [6, 6.07) is 4.17. The molecule has 0 saturated carbocycles. The van der Waals surface area contributed by atoms with Crippen LogP contribution >= 0.6 is 0 Å². The van der Waals surface area contributed by atoms with E-state index in [2.05, 4.69) is 26.0 Å². The van der Waals surface area contributed by atoms with Crippen molar-refractivity contribution < 1.29 is 9.47 Å². The summed E-state index contributed by atoms with van der Waals surface area (Å²) in [5.41, 5.74) is 3.55. The highest BCUT2D eigenvalue weighted by Gasteiger charge is 2.09. The Hall–Kier alpha value is -1.22. The predicted octanol–water partition coefficient (Wildman–Crippen LogP) is 2.35. The lowest BCUT2D eigenvalue weighted by molar-refractivity contribution is 0.201. The molecule has 1 aromatic carbocycles. The maximum atomic E-state index is 5.35. The average Bonchev–Trinajstić information content (AvgIpc) is 2.21. The van der Waals surface area contributed by atoms with Crippen molar-refractivity contribution in [2.24, 2.45) is 0 Å². The molecule has 0 aliphatic carbocycles. The van der Waals surface area contributed by atoms with Crippen molar-refractivity contribution in [3.05, 3.63) is 23.3 Å². The van der Waals surface area contributed by atoms with Gasteiger partial charge in [-0.25, -0.2) is 0 Å². The topological polar surface area (TPSA) is 21.7 Å². The summed E-state index contributed by atoms with van der Waals surface area (Å²) < 4.78 is 10.4. The number of benzene rings is 1. The molecule has 3 nitrogen and oxygen atoms in total. The zero-order chi connectivity index (χ0) is 11.4. The highest BCUT2D eigenvalue weighted by Crippen LogP contribution is 2.30. The first-order valence-corrected chi connectivity index (χ1v) is 4.95. The summed E-state index contributed by atoms with van der Waals surface area (Å²) in [5, 5.41) is 0. The van der Waals surface area contributed by atoms with Gasteiger partial charge in [-0.05, 0) is 37.1 Å². The summed E-state index contributed by atoms with van der Waals surface area (Å²) in [6.07, 6.45) is 0. The van der Waals surface area contributed by atoms with Crippen molar-refractivity contribution in [2.45, 2.75) is 13.8 Å². The van der Waals surface area contributed by atoms with Crippen molar-refractivity contribution in [1.82, 2.24) is 0 Å². The van der Waals surface area contributed by atoms with Crippen LogP contribution in [0.4, 0.5) is 5.69 Å². The Bertz CT molecular complexity index is 337. The van der Waals surface area contributed by atoms with Gasteiger partial charge in [0.05, 0.1) is 12.8 Å². The molecule has 0 atom stereocenters. The fourth-order valence-electron chi connectivity index (χ4n) is 1.50. The Morgan fingerprint density at radius 2 is 1.73 bits per heavy atom. The van der Waals surface area contributed by atoms with Crippen molar-refractivity contribution >= 4 is 5.69 Å². The molecule has 0 fully saturated rings. The molecule has 0 aliphatic rings. The van der Waals surface area contributed by atoms with Crippen LogP contribution in [-0.4, -0.2) is 28.0 Å². The van der Waals surface area contributed by atoms with Crippen LogP contribution in [0.3, 0.4) is 0 Å². The highest BCUT2D eigenvalue weighted by molar-refractivity contribution is 5.61. The average molecular weight is 209 g/mol. The fraction of sp³-hybridized carbons (Fsp3) is 0.500. The number of ether oxygens (including phenoxy) is 2. The van der Waals surface area contributed by atoms with Crippen LogP contribution in [0.1, 0.15) is 11.1 Å². The van der Waals surface area contributed by atoms with Gasteiger partial charge in [-0.2, -0.15) is 0 Å². The lowest BCUT2D eigenvalue weighted by atomic mass is 10.1. The van der Waals surface area contributed by atoms with Gasteiger partial charge in [-0.3, -0.25) is 0 Å². The first kappa shape index (κ1) is 11.9. The van der Waals surface area contributed by atoms with Crippen molar-refractivity contribution in [1.29, 1.82) is 0 Å². The van der Waals surface area contributed by atoms with Gasteiger partial charge in [0.15, 0.2) is 0 Å². The molecule has 1 aromatic rings. The van der Waals surface area contributed by atoms with E-state index < -0.39 is 0 Å². The molecule has 0 bridgehead atoms. The Morgan fingerprint density at radius 3 is 2.27 bits per heavy atom. The molecule has 0 spiro atoms. The van der Waals surface area contributed by atoms with E-state index in [1.807, 2.05) is 11.9 Å². The lowest BCUT2D eigenvalue weighted by Gasteiger charge is -2.22. The summed E-state index contributed by atoms with van der Waals surface area (Å²) in [6.45, 7) is 4.73. The first-order chi connectivity index (χ1) is 7.10. The molecule has 0 saturated heterocycles. The third kappa shape index (κ3) is 2.63. The third-order valence-electron chi connectivity index (χ3n) is 2.53. The molecule has 1 rings (SSSR count). The molecule has 84 valence electrons. The number of hydrogen-bond acceptors (Lipinski definition) is 3. The van der Waals surface area contributed by atoms with E-state index in [-0.39, 0.29) is 0 Å². The summed E-state index contributed by atoms with van der Waals surface area (Å²) >= 11 is 0. The summed E-state index contributed by atoms with van der Waals surface area (Å²) in [7, 11) is 5.36. The number of aryl methyl sites for hydroxylation is 2. The molecule has 0 aliphatic heterocycles. The van der Waals surface area contributed by atoms with Gasteiger partial charge in [0, 0.05) is 14.2 Å². The zero-order valence-corrected chi connectivity index (χ0v) is 10.1. The quantitative estimate of drug-likeness (QED) is 0.710. The number of rotatable bonds is 4. The molecule has 3 heteroatoms. The minimum atomic E-state index is 0.554. The molecule has 0 heterocycles. The largest absolute Gasteiger partial charge is 0.495 e. The molecular weight excluding hydrogens is 190 g/mol. The van der Waals surface area contributed by atoms with E-state index in [0.29, 0.717) is 6.73 Å². The Balaban J connectivity index is 3.09. The van der Waals surface area contributed by atoms with E-state index in [9.17, 15) is 0 Å². The van der Waals surface area contributed by atoms with E-state index in [1.165, 1.54) is 11.1 Å². The smallest absolute Gasteiger partial charge is 0.142 e. The zero-order valence-electron chi connectivity index (χ0n) is 10.1. The molecule has 0 aromatic heterocycles. The van der Waals surface area contributed by atoms with Crippen LogP contribution in [-0.2, 0) is 4.74 Å². The van der Waals surface area contributed by atoms with Crippen molar-refractivity contribution in [2.75, 3.05) is 32.9 Å². The van der Waals surface area contributed by atoms with Crippen LogP contribution in [0.25, 0.3) is 0 Å². The SMILES string of the molecule is COCN(C)c1cc(C)c(C)cc1OC. The fourth-order valence-corrected chi connectivity index (χ4v) is 1.50. The number of hydrogen-bond donors (Lipinski definition) is 0. The Morgan fingerprint density at radius 1 is 1.13 bits per heavy atom. The van der Waals surface area contributed by atoms with E-state index in [0.717, 1.165) is 11.4 Å². The van der Waals surface area contributed by atoms with Gasteiger partial charge >= 0.3 is 0 Å². The van der Waals surface area contributed by atoms with Gasteiger partial charge in [0.2, 0.25) is 0 Å². The monoisotopic (exact) mass is 209 g/mol. The first-order valence-electron chi connectivity index (χ1n) is 4.95. The van der Waals surface area contributed by atoms with Crippen molar-refractivity contribution in [3.63, 3.8) is 0 Å². The minimum Gasteiger partial charge on any atom is -0.495 e. The van der Waals surface area contributed by atoms with Crippen LogP contribution < -0.4 is 9.64 Å². The number of anilines is 1. The second-order valence-corrected chi connectivity index (χ2v) is 3.72. The number of nitrogens with zero attached hydrogens (tertiary/aromatic N) is 1. The van der Waals surface area contributed by atoms with Gasteiger partial charge in [-0.1, -0.05) is 0 Å². The normalized spacial score (nSPS) is 10.2. The standard InChI is InChI=1S/C12H19NO2/c1-9-6-11(13(3)8-14-4)12(15-5)7-10(9)2/h6-7H,8H2,1-5H3.